The molecule has 94 valence electrons. The van der Waals surface area contributed by atoms with E-state index < -0.39 is 5.97 Å². The fourth-order valence-electron chi connectivity index (χ4n) is 1.85. The maximum atomic E-state index is 10.7. The summed E-state index contributed by atoms with van der Waals surface area (Å²) in [7, 11) is 1.79. The summed E-state index contributed by atoms with van der Waals surface area (Å²) in [4.78, 5) is 10.7. The number of carbonyl (C=O) groups is 1. The smallest absolute Gasteiger partial charge is 0.305 e. The summed E-state index contributed by atoms with van der Waals surface area (Å²) >= 11 is 0. The van der Waals surface area contributed by atoms with Crippen LogP contribution in [0.1, 0.15) is 49.8 Å². The van der Waals surface area contributed by atoms with E-state index in [2.05, 4.69) is 31.3 Å². The molecule has 0 saturated heterocycles. The Hall–Kier alpha value is -1.35. The molecule has 1 rings (SSSR count). The molecule has 0 amide bonds. The molecule has 0 aliphatic heterocycles. The molecule has 0 saturated carbocycles. The van der Waals surface area contributed by atoms with Crippen molar-refractivity contribution in [1.82, 2.24) is 5.32 Å². The second-order valence-electron chi connectivity index (χ2n) is 4.42. The van der Waals surface area contributed by atoms with Crippen LogP contribution in [0.2, 0.25) is 0 Å². The van der Waals surface area contributed by atoms with Gasteiger partial charge in [0.2, 0.25) is 0 Å². The van der Waals surface area contributed by atoms with Gasteiger partial charge >= 0.3 is 5.97 Å². The van der Waals surface area contributed by atoms with Crippen molar-refractivity contribution in [2.45, 2.75) is 38.6 Å². The van der Waals surface area contributed by atoms with E-state index in [1.165, 1.54) is 5.56 Å². The molecule has 0 aliphatic carbocycles. The van der Waals surface area contributed by atoms with Gasteiger partial charge in [-0.1, -0.05) is 38.1 Å². The topological polar surface area (TPSA) is 49.3 Å². The van der Waals surface area contributed by atoms with Gasteiger partial charge in [-0.2, -0.15) is 0 Å². The molecule has 1 aromatic rings. The van der Waals surface area contributed by atoms with E-state index in [1.54, 1.807) is 7.05 Å². The zero-order valence-corrected chi connectivity index (χ0v) is 10.7. The second kappa shape index (κ2) is 6.40. The van der Waals surface area contributed by atoms with Gasteiger partial charge in [0.05, 0.1) is 6.42 Å². The lowest BCUT2D eigenvalue weighted by Gasteiger charge is -2.16. The van der Waals surface area contributed by atoms with Crippen LogP contribution < -0.4 is 5.32 Å². The van der Waals surface area contributed by atoms with Crippen molar-refractivity contribution in [1.29, 1.82) is 0 Å². The van der Waals surface area contributed by atoms with E-state index in [0.29, 0.717) is 5.92 Å². The van der Waals surface area contributed by atoms with Gasteiger partial charge in [-0.25, -0.2) is 0 Å². The van der Waals surface area contributed by atoms with Gasteiger partial charge in [0.1, 0.15) is 0 Å². The molecule has 0 heterocycles. The average molecular weight is 235 g/mol. The first-order valence-corrected chi connectivity index (χ1v) is 6.07. The number of carboxylic acid groups (broad SMARTS) is 1. The Labute approximate surface area is 103 Å². The van der Waals surface area contributed by atoms with Crippen LogP contribution in [0.3, 0.4) is 0 Å². The summed E-state index contributed by atoms with van der Waals surface area (Å²) in [5.74, 6) is -0.230. The molecule has 2 unspecified atom stereocenters. The number of hydrogen-bond donors (Lipinski definition) is 2. The minimum atomic E-state index is -0.782. The number of rotatable bonds is 6. The van der Waals surface area contributed by atoms with Crippen molar-refractivity contribution in [3.05, 3.63) is 35.4 Å². The third kappa shape index (κ3) is 3.86. The van der Waals surface area contributed by atoms with Crippen LogP contribution in [0.4, 0.5) is 0 Å². The van der Waals surface area contributed by atoms with Gasteiger partial charge < -0.3 is 10.4 Å². The number of carboxylic acids is 1. The maximum absolute atomic E-state index is 10.7. The maximum Gasteiger partial charge on any atom is 0.305 e. The molecule has 0 aromatic heterocycles. The monoisotopic (exact) mass is 235 g/mol. The lowest BCUT2D eigenvalue weighted by atomic mass is 9.95. The van der Waals surface area contributed by atoms with Crippen LogP contribution in [0.15, 0.2) is 24.3 Å². The quantitative estimate of drug-likeness (QED) is 0.797. The third-order valence-corrected chi connectivity index (χ3v) is 3.25. The summed E-state index contributed by atoms with van der Waals surface area (Å²) in [6, 6.07) is 8.11. The molecule has 2 N–H and O–H groups in total. The standard InChI is InChI=1S/C14H21NO2/c1-4-10(2)11-5-7-12(8-6-11)13(15-3)9-14(16)17/h5-8,10,13,15H,4,9H2,1-3H3,(H,16,17). The first kappa shape index (κ1) is 13.7. The second-order valence-corrected chi connectivity index (χ2v) is 4.42. The van der Waals surface area contributed by atoms with E-state index in [-0.39, 0.29) is 12.5 Å². The van der Waals surface area contributed by atoms with Crippen LogP contribution in [0, 0.1) is 0 Å². The van der Waals surface area contributed by atoms with Crippen LogP contribution in [-0.2, 0) is 4.79 Å². The highest BCUT2D eigenvalue weighted by atomic mass is 16.4. The fraction of sp³-hybridized carbons (Fsp3) is 0.500. The van der Waals surface area contributed by atoms with Crippen molar-refractivity contribution in [3.63, 3.8) is 0 Å². The lowest BCUT2D eigenvalue weighted by molar-refractivity contribution is -0.137. The highest BCUT2D eigenvalue weighted by molar-refractivity contribution is 5.67. The summed E-state index contributed by atoms with van der Waals surface area (Å²) in [5.41, 5.74) is 2.34. The largest absolute Gasteiger partial charge is 0.481 e. The Morgan fingerprint density at radius 3 is 2.24 bits per heavy atom. The molecule has 2 atom stereocenters. The normalized spacial score (nSPS) is 14.3. The highest BCUT2D eigenvalue weighted by Gasteiger charge is 2.13. The zero-order chi connectivity index (χ0) is 12.8. The van der Waals surface area contributed by atoms with E-state index >= 15 is 0 Å². The Morgan fingerprint density at radius 1 is 1.29 bits per heavy atom. The molecule has 17 heavy (non-hydrogen) atoms. The third-order valence-electron chi connectivity index (χ3n) is 3.25. The summed E-state index contributed by atoms with van der Waals surface area (Å²) in [5, 5.41) is 11.8. The molecule has 0 fully saturated rings. The molecule has 3 heteroatoms. The first-order valence-electron chi connectivity index (χ1n) is 6.07. The van der Waals surface area contributed by atoms with Crippen molar-refractivity contribution >= 4 is 5.97 Å². The number of nitrogens with one attached hydrogen (secondary N) is 1. The van der Waals surface area contributed by atoms with Crippen molar-refractivity contribution in [2.75, 3.05) is 7.05 Å². The number of benzene rings is 1. The molecule has 0 radical (unpaired) electrons. The molecular formula is C14H21NO2. The minimum absolute atomic E-state index is 0.110. The Balaban J connectivity index is 2.81. The number of aliphatic carboxylic acids is 1. The van der Waals surface area contributed by atoms with Gasteiger partial charge in [-0.05, 0) is 30.5 Å². The minimum Gasteiger partial charge on any atom is -0.481 e. The van der Waals surface area contributed by atoms with E-state index in [4.69, 9.17) is 5.11 Å². The Morgan fingerprint density at radius 2 is 1.82 bits per heavy atom. The fourth-order valence-corrected chi connectivity index (χ4v) is 1.85. The van der Waals surface area contributed by atoms with Crippen molar-refractivity contribution in [3.8, 4) is 0 Å². The van der Waals surface area contributed by atoms with Crippen molar-refractivity contribution in [2.24, 2.45) is 0 Å². The molecule has 1 aromatic carbocycles. The Kier molecular flexibility index (Phi) is 5.16. The Bertz CT molecular complexity index is 359. The lowest BCUT2D eigenvalue weighted by Crippen LogP contribution is -2.19. The van der Waals surface area contributed by atoms with Gasteiger partial charge in [0.15, 0.2) is 0 Å². The van der Waals surface area contributed by atoms with Crippen LogP contribution in [0.5, 0.6) is 0 Å². The van der Waals surface area contributed by atoms with Gasteiger partial charge in [0.25, 0.3) is 0 Å². The zero-order valence-electron chi connectivity index (χ0n) is 10.7. The molecule has 0 spiro atoms. The average Bonchev–Trinajstić information content (AvgIpc) is 2.35. The summed E-state index contributed by atoms with van der Waals surface area (Å²) in [6.45, 7) is 4.36. The molecule has 0 bridgehead atoms. The van der Waals surface area contributed by atoms with Gasteiger partial charge in [-0.3, -0.25) is 4.79 Å². The predicted molar refractivity (Wildman–Crippen MR) is 69.2 cm³/mol. The SMILES string of the molecule is CCC(C)c1ccc(C(CC(=O)O)NC)cc1. The first-order chi connectivity index (χ1) is 8.08. The molecule has 0 aliphatic rings. The predicted octanol–water partition coefficient (Wildman–Crippen LogP) is 2.94. The van der Waals surface area contributed by atoms with E-state index in [9.17, 15) is 4.79 Å². The summed E-state index contributed by atoms with van der Waals surface area (Å²) in [6.07, 6.45) is 1.23. The summed E-state index contributed by atoms with van der Waals surface area (Å²) < 4.78 is 0. The van der Waals surface area contributed by atoms with Crippen LogP contribution >= 0.6 is 0 Å². The van der Waals surface area contributed by atoms with Crippen molar-refractivity contribution < 1.29 is 9.90 Å². The number of hydrogen-bond acceptors (Lipinski definition) is 2. The molecule has 3 nitrogen and oxygen atoms in total. The highest BCUT2D eigenvalue weighted by Crippen LogP contribution is 2.22. The van der Waals surface area contributed by atoms with Gasteiger partial charge in [-0.15, -0.1) is 0 Å². The van der Waals surface area contributed by atoms with Gasteiger partial charge in [0, 0.05) is 6.04 Å². The van der Waals surface area contributed by atoms with Crippen LogP contribution in [-0.4, -0.2) is 18.1 Å². The van der Waals surface area contributed by atoms with E-state index in [1.807, 2.05) is 12.1 Å². The van der Waals surface area contributed by atoms with E-state index in [0.717, 1.165) is 12.0 Å². The molecular weight excluding hydrogens is 214 g/mol. The van der Waals surface area contributed by atoms with Crippen LogP contribution in [0.25, 0.3) is 0 Å².